The average molecular weight is 656 g/mol. The smallest absolute Gasteiger partial charge is 0.344 e. The Morgan fingerprint density at radius 1 is 0.745 bits per heavy atom. The zero-order valence-electron chi connectivity index (χ0n) is 26.3. The lowest BCUT2D eigenvalue weighted by atomic mass is 10.1. The minimum Gasteiger partial charge on any atom is -0.497 e. The number of ether oxygens (including phenoxy) is 6. The van der Waals surface area contributed by atoms with Crippen molar-refractivity contribution in [2.45, 2.75) is 38.7 Å². The summed E-state index contributed by atoms with van der Waals surface area (Å²) in [6.45, 7) is 0.356. The van der Waals surface area contributed by atoms with Crippen molar-refractivity contribution in [3.8, 4) is 28.7 Å². The molecule has 0 spiro atoms. The lowest BCUT2D eigenvalue weighted by Crippen LogP contribution is -2.21. The van der Waals surface area contributed by atoms with Gasteiger partial charge in [-0.15, -0.1) is 0 Å². The van der Waals surface area contributed by atoms with Gasteiger partial charge in [0, 0.05) is 18.3 Å². The molecule has 1 aliphatic carbocycles. The third kappa shape index (κ3) is 7.15. The number of esters is 1. The number of rotatable bonds is 13. The summed E-state index contributed by atoms with van der Waals surface area (Å²) in [4.78, 5) is 27.3. The number of halogens is 1. The Labute approximate surface area is 277 Å². The molecule has 0 bridgehead atoms. The van der Waals surface area contributed by atoms with Crippen molar-refractivity contribution in [2.24, 2.45) is 0 Å². The molecule has 9 nitrogen and oxygen atoms in total. The van der Waals surface area contributed by atoms with E-state index in [9.17, 15) is 9.59 Å². The van der Waals surface area contributed by atoms with Gasteiger partial charge in [0.25, 0.3) is 0 Å². The number of hydrogen-bond acceptors (Lipinski definition) is 8. The first-order chi connectivity index (χ1) is 22.9. The number of fused-ring (bicyclic) bond motifs is 1. The number of carbonyl (C=O) groups is 1. The summed E-state index contributed by atoms with van der Waals surface area (Å²) in [5.74, 6) is 1.97. The van der Waals surface area contributed by atoms with Crippen LogP contribution in [0.2, 0.25) is 5.02 Å². The van der Waals surface area contributed by atoms with Crippen molar-refractivity contribution in [1.29, 1.82) is 0 Å². The Kier molecular flexibility index (Phi) is 9.54. The molecule has 0 atom stereocenters. The summed E-state index contributed by atoms with van der Waals surface area (Å²) in [5.41, 5.74) is 2.42. The van der Waals surface area contributed by atoms with E-state index in [4.69, 9.17) is 40.0 Å². The third-order valence-corrected chi connectivity index (χ3v) is 8.33. The van der Waals surface area contributed by atoms with Gasteiger partial charge >= 0.3 is 5.97 Å². The maximum atomic E-state index is 14.0. The van der Waals surface area contributed by atoms with Gasteiger partial charge in [-0.1, -0.05) is 48.0 Å². The Morgan fingerprint density at radius 3 is 1.72 bits per heavy atom. The molecule has 6 rings (SSSR count). The lowest BCUT2D eigenvalue weighted by molar-refractivity contribution is 0.0470. The summed E-state index contributed by atoms with van der Waals surface area (Å²) < 4.78 is 35.8. The van der Waals surface area contributed by atoms with Crippen LogP contribution in [0.25, 0.3) is 10.9 Å². The highest BCUT2D eigenvalue weighted by Gasteiger charge is 2.30. The summed E-state index contributed by atoms with van der Waals surface area (Å²) in [6, 6.07) is 24.0. The topological polar surface area (TPSA) is 94.5 Å². The van der Waals surface area contributed by atoms with Crippen LogP contribution in [0.1, 0.15) is 45.9 Å². The fraction of sp³-hybridized carbons (Fsp3) is 0.243. The molecule has 1 aliphatic rings. The van der Waals surface area contributed by atoms with Gasteiger partial charge in [-0.05, 0) is 65.9 Å². The molecule has 0 saturated heterocycles. The molecule has 0 N–H and O–H groups in total. The number of hydrogen-bond donors (Lipinski definition) is 0. The second-order valence-corrected chi connectivity index (χ2v) is 11.5. The number of methoxy groups -OCH3 is 3. The first-order valence-electron chi connectivity index (χ1n) is 15.1. The molecule has 4 aromatic carbocycles. The monoisotopic (exact) mass is 655 g/mol. The zero-order chi connectivity index (χ0) is 32.9. The summed E-state index contributed by atoms with van der Waals surface area (Å²) in [6.07, 6.45) is 3.36. The molecule has 47 heavy (non-hydrogen) atoms. The van der Waals surface area contributed by atoms with Crippen molar-refractivity contribution in [3.63, 3.8) is 0 Å². The highest BCUT2D eigenvalue weighted by atomic mass is 35.5. The van der Waals surface area contributed by atoms with Crippen molar-refractivity contribution >= 4 is 28.5 Å². The average Bonchev–Trinajstić information content (AvgIpc) is 3.96. The van der Waals surface area contributed by atoms with E-state index in [1.165, 1.54) is 0 Å². The molecule has 10 heteroatoms. The molecule has 0 radical (unpaired) electrons. The van der Waals surface area contributed by atoms with Crippen molar-refractivity contribution in [3.05, 3.63) is 123 Å². The standard InChI is InChI=1S/C37H34ClNO8/c1-42-27-12-4-23(5-13-27)20-45-32-18-31-33(34(38)36(32)46-21-24-6-14-28(43-2)15-7-24)35(40)30(19-39(31)26-10-11-26)37(41)47-22-25-8-16-29(44-3)17-9-25/h4-9,12-19,26H,10-11,20-22H2,1-3H3. The molecule has 242 valence electrons. The first-order valence-corrected chi connectivity index (χ1v) is 15.5. The first kappa shape index (κ1) is 31.8. The number of aromatic nitrogens is 1. The van der Waals surface area contributed by atoms with E-state index >= 15 is 0 Å². The van der Waals surface area contributed by atoms with E-state index in [1.807, 2.05) is 53.1 Å². The van der Waals surface area contributed by atoms with E-state index in [0.29, 0.717) is 22.8 Å². The zero-order valence-corrected chi connectivity index (χ0v) is 27.0. The van der Waals surface area contributed by atoms with Gasteiger partial charge in [0.1, 0.15) is 42.6 Å². The van der Waals surface area contributed by atoms with E-state index in [-0.39, 0.29) is 47.6 Å². The summed E-state index contributed by atoms with van der Waals surface area (Å²) in [5, 5.41) is 0.226. The SMILES string of the molecule is COc1ccc(COC(=O)c2cn(C3CC3)c3cc(OCc4ccc(OC)cc4)c(OCc4ccc(OC)cc4)c(Cl)c3c2=O)cc1. The van der Waals surface area contributed by atoms with Gasteiger partial charge in [-0.3, -0.25) is 4.79 Å². The van der Waals surface area contributed by atoms with Crippen molar-refractivity contribution in [1.82, 2.24) is 4.57 Å². The van der Waals surface area contributed by atoms with Crippen LogP contribution < -0.4 is 29.1 Å². The predicted octanol–water partition coefficient (Wildman–Crippen LogP) is 7.53. The maximum absolute atomic E-state index is 14.0. The summed E-state index contributed by atoms with van der Waals surface area (Å²) >= 11 is 7.04. The van der Waals surface area contributed by atoms with Crippen LogP contribution in [0.15, 0.2) is 89.9 Å². The second-order valence-electron chi connectivity index (χ2n) is 11.1. The van der Waals surface area contributed by atoms with Crippen LogP contribution in [0.4, 0.5) is 0 Å². The molecular weight excluding hydrogens is 622 g/mol. The minimum atomic E-state index is -0.737. The maximum Gasteiger partial charge on any atom is 0.344 e. The van der Waals surface area contributed by atoms with Gasteiger partial charge in [0.15, 0.2) is 11.5 Å². The molecule has 1 fully saturated rings. The number of nitrogens with zero attached hydrogens (tertiary/aromatic N) is 1. The number of carbonyl (C=O) groups excluding carboxylic acids is 1. The predicted molar refractivity (Wildman–Crippen MR) is 178 cm³/mol. The van der Waals surface area contributed by atoms with Crippen LogP contribution in [0.5, 0.6) is 28.7 Å². The van der Waals surface area contributed by atoms with Crippen molar-refractivity contribution in [2.75, 3.05) is 21.3 Å². The number of pyridine rings is 1. The van der Waals surface area contributed by atoms with Gasteiger partial charge in [0.05, 0.1) is 37.3 Å². The van der Waals surface area contributed by atoms with Crippen LogP contribution in [0, 0.1) is 0 Å². The van der Waals surface area contributed by atoms with Crippen molar-refractivity contribution < 1.29 is 33.2 Å². The third-order valence-electron chi connectivity index (χ3n) is 7.97. The number of benzene rings is 4. The summed E-state index contributed by atoms with van der Waals surface area (Å²) in [7, 11) is 4.79. The molecule has 5 aromatic rings. The highest BCUT2D eigenvalue weighted by molar-refractivity contribution is 6.37. The van der Waals surface area contributed by atoms with Gasteiger partial charge in [0.2, 0.25) is 5.43 Å². The Bertz CT molecular complexity index is 1930. The van der Waals surface area contributed by atoms with Crippen LogP contribution in [0.3, 0.4) is 0 Å². The molecule has 1 aromatic heterocycles. The lowest BCUT2D eigenvalue weighted by Gasteiger charge is -2.19. The molecule has 0 aliphatic heterocycles. The van der Waals surface area contributed by atoms with Crippen LogP contribution >= 0.6 is 11.6 Å². The highest BCUT2D eigenvalue weighted by Crippen LogP contribution is 2.44. The molecule has 1 saturated carbocycles. The quantitative estimate of drug-likeness (QED) is 0.120. The molecule has 0 amide bonds. The minimum absolute atomic E-state index is 0.00811. The van der Waals surface area contributed by atoms with E-state index in [0.717, 1.165) is 35.3 Å². The normalized spacial score (nSPS) is 12.4. The largest absolute Gasteiger partial charge is 0.497 e. The Hall–Kier alpha value is -5.15. The van der Waals surface area contributed by atoms with Crippen LogP contribution in [-0.2, 0) is 24.6 Å². The molecular formula is C37H34ClNO8. The fourth-order valence-corrected chi connectivity index (χ4v) is 5.50. The Morgan fingerprint density at radius 2 is 1.23 bits per heavy atom. The van der Waals surface area contributed by atoms with E-state index in [1.54, 1.807) is 57.9 Å². The van der Waals surface area contributed by atoms with Crippen LogP contribution in [-0.4, -0.2) is 31.9 Å². The molecule has 1 heterocycles. The molecule has 0 unspecified atom stereocenters. The van der Waals surface area contributed by atoms with Gasteiger partial charge in [-0.25, -0.2) is 4.79 Å². The Balaban J connectivity index is 1.37. The fourth-order valence-electron chi connectivity index (χ4n) is 5.17. The second kappa shape index (κ2) is 14.1. The van der Waals surface area contributed by atoms with Gasteiger partial charge < -0.3 is 33.0 Å². The van der Waals surface area contributed by atoms with Gasteiger partial charge in [-0.2, -0.15) is 0 Å². The van der Waals surface area contributed by atoms with E-state index in [2.05, 4.69) is 0 Å². The van der Waals surface area contributed by atoms with E-state index < -0.39 is 11.4 Å².